The molecule has 2 aliphatic rings. The van der Waals surface area contributed by atoms with Gasteiger partial charge in [0.1, 0.15) is 0 Å². The lowest BCUT2D eigenvalue weighted by molar-refractivity contribution is -0.242. The van der Waals surface area contributed by atoms with Crippen LogP contribution in [0.25, 0.3) is 0 Å². The predicted octanol–water partition coefficient (Wildman–Crippen LogP) is 2.45. The third kappa shape index (κ3) is 1.60. The van der Waals surface area contributed by atoms with E-state index in [9.17, 15) is 0 Å². The van der Waals surface area contributed by atoms with Crippen LogP contribution in [0.4, 0.5) is 0 Å². The lowest BCUT2D eigenvalue weighted by Gasteiger charge is -2.31. The third-order valence-electron chi connectivity index (χ3n) is 2.81. The van der Waals surface area contributed by atoms with Crippen LogP contribution in [0.1, 0.15) is 39.0 Å². The van der Waals surface area contributed by atoms with Gasteiger partial charge >= 0.3 is 0 Å². The molecule has 0 saturated heterocycles. The van der Waals surface area contributed by atoms with Gasteiger partial charge < -0.3 is 9.47 Å². The average molecular weight is 184 g/mol. The monoisotopic (exact) mass is 184 g/mol. The summed E-state index contributed by atoms with van der Waals surface area (Å²) in [5.41, 5.74) is -0.358. The second kappa shape index (κ2) is 3.03. The Balaban J connectivity index is 2.08. The van der Waals surface area contributed by atoms with Gasteiger partial charge in [0.15, 0.2) is 5.72 Å². The van der Waals surface area contributed by atoms with E-state index in [-0.39, 0.29) is 5.72 Å². The van der Waals surface area contributed by atoms with Gasteiger partial charge in [-0.1, -0.05) is 6.42 Å². The summed E-state index contributed by atoms with van der Waals surface area (Å²) in [6.07, 6.45) is 5.60. The van der Waals surface area contributed by atoms with Crippen molar-refractivity contribution in [2.45, 2.75) is 50.7 Å². The Morgan fingerprint density at radius 1 is 1.15 bits per heavy atom. The van der Waals surface area contributed by atoms with Crippen LogP contribution >= 0.6 is 0 Å². The van der Waals surface area contributed by atoms with Gasteiger partial charge in [-0.05, 0) is 25.7 Å². The van der Waals surface area contributed by atoms with Crippen molar-refractivity contribution in [3.05, 3.63) is 0 Å². The first-order valence-corrected chi connectivity index (χ1v) is 4.87. The van der Waals surface area contributed by atoms with E-state index in [4.69, 9.17) is 9.47 Å². The van der Waals surface area contributed by atoms with Crippen molar-refractivity contribution < 1.29 is 9.47 Å². The maximum atomic E-state index is 5.77. The summed E-state index contributed by atoms with van der Waals surface area (Å²) in [6, 6.07) is 0. The van der Waals surface area contributed by atoms with E-state index in [1.165, 1.54) is 19.3 Å². The van der Waals surface area contributed by atoms with Crippen LogP contribution in [0.2, 0.25) is 0 Å². The molecular weight excluding hydrogens is 168 g/mol. The second-order valence-electron chi connectivity index (χ2n) is 3.91. The molecule has 13 heavy (non-hydrogen) atoms. The van der Waals surface area contributed by atoms with Crippen molar-refractivity contribution in [1.82, 2.24) is 0 Å². The lowest BCUT2D eigenvalue weighted by atomic mass is 9.92. The fourth-order valence-corrected chi connectivity index (χ4v) is 1.96. The van der Waals surface area contributed by atoms with Gasteiger partial charge in [-0.2, -0.15) is 5.11 Å². The molecular formula is C9H16N2O2. The smallest absolute Gasteiger partial charge is 0.286 e. The topological polar surface area (TPSA) is 43.2 Å². The zero-order chi connectivity index (χ0) is 9.36. The fraction of sp³-hybridized carbons (Fsp3) is 1.00. The minimum absolute atomic E-state index is 0.358. The molecule has 1 heterocycles. The molecule has 0 aromatic rings. The standard InChI is InChI=1S/C9H16N2O2/c1-8(12-2)10-11-9(13-8)6-4-3-5-7-9/h3-7H2,1-2H3. The van der Waals surface area contributed by atoms with Crippen molar-refractivity contribution in [1.29, 1.82) is 0 Å². The van der Waals surface area contributed by atoms with Crippen LogP contribution in [-0.2, 0) is 9.47 Å². The van der Waals surface area contributed by atoms with Gasteiger partial charge in [0.05, 0.1) is 0 Å². The zero-order valence-electron chi connectivity index (χ0n) is 8.25. The number of rotatable bonds is 1. The Kier molecular flexibility index (Phi) is 2.12. The van der Waals surface area contributed by atoms with Crippen LogP contribution in [0.3, 0.4) is 0 Å². The number of hydrogen-bond donors (Lipinski definition) is 0. The molecule has 1 saturated carbocycles. The van der Waals surface area contributed by atoms with E-state index in [2.05, 4.69) is 10.2 Å². The number of nitrogens with zero attached hydrogens (tertiary/aromatic N) is 2. The SMILES string of the molecule is COC1(C)N=NC2(CCCCC2)O1. The Morgan fingerprint density at radius 3 is 2.38 bits per heavy atom. The van der Waals surface area contributed by atoms with Crippen molar-refractivity contribution in [2.75, 3.05) is 7.11 Å². The summed E-state index contributed by atoms with van der Waals surface area (Å²) in [6.45, 7) is 1.81. The molecule has 74 valence electrons. The second-order valence-corrected chi connectivity index (χ2v) is 3.91. The molecule has 1 atom stereocenters. The molecule has 4 nitrogen and oxygen atoms in total. The molecule has 1 unspecified atom stereocenters. The van der Waals surface area contributed by atoms with Gasteiger partial charge in [-0.25, -0.2) is 0 Å². The summed E-state index contributed by atoms with van der Waals surface area (Å²) < 4.78 is 10.9. The summed E-state index contributed by atoms with van der Waals surface area (Å²) >= 11 is 0. The van der Waals surface area contributed by atoms with E-state index < -0.39 is 5.91 Å². The molecule has 0 radical (unpaired) electrons. The number of azo groups is 1. The zero-order valence-corrected chi connectivity index (χ0v) is 8.25. The number of ether oxygens (including phenoxy) is 2. The molecule has 0 bridgehead atoms. The Labute approximate surface area is 78.3 Å². The van der Waals surface area contributed by atoms with Crippen LogP contribution in [-0.4, -0.2) is 18.7 Å². The Morgan fingerprint density at radius 2 is 1.85 bits per heavy atom. The first kappa shape index (κ1) is 9.09. The quantitative estimate of drug-likeness (QED) is 0.628. The van der Waals surface area contributed by atoms with E-state index in [1.54, 1.807) is 14.0 Å². The molecule has 4 heteroatoms. The van der Waals surface area contributed by atoms with Crippen molar-refractivity contribution >= 4 is 0 Å². The molecule has 1 aliphatic heterocycles. The van der Waals surface area contributed by atoms with E-state index in [0.29, 0.717) is 0 Å². The molecule has 0 amide bonds. The highest BCUT2D eigenvalue weighted by Gasteiger charge is 2.46. The van der Waals surface area contributed by atoms with Gasteiger partial charge in [-0.3, -0.25) is 0 Å². The maximum Gasteiger partial charge on any atom is 0.286 e. The molecule has 0 aromatic heterocycles. The van der Waals surface area contributed by atoms with E-state index >= 15 is 0 Å². The van der Waals surface area contributed by atoms with Gasteiger partial charge in [0, 0.05) is 14.0 Å². The number of hydrogen-bond acceptors (Lipinski definition) is 4. The van der Waals surface area contributed by atoms with Gasteiger partial charge in [-0.15, -0.1) is 5.11 Å². The van der Waals surface area contributed by atoms with Crippen LogP contribution in [0.15, 0.2) is 10.2 Å². The summed E-state index contributed by atoms with van der Waals surface area (Å²) in [5, 5.41) is 8.27. The highest BCUT2D eigenvalue weighted by atomic mass is 16.7. The Hall–Kier alpha value is -0.480. The van der Waals surface area contributed by atoms with Crippen LogP contribution in [0, 0.1) is 0 Å². The maximum absolute atomic E-state index is 5.77. The van der Waals surface area contributed by atoms with E-state index in [1.807, 2.05) is 0 Å². The van der Waals surface area contributed by atoms with Crippen molar-refractivity contribution in [3.8, 4) is 0 Å². The average Bonchev–Trinajstić information content (AvgIpc) is 2.47. The van der Waals surface area contributed by atoms with Crippen LogP contribution in [0.5, 0.6) is 0 Å². The first-order chi connectivity index (χ1) is 6.18. The van der Waals surface area contributed by atoms with Gasteiger partial charge in [0.25, 0.3) is 5.91 Å². The van der Waals surface area contributed by atoms with Crippen molar-refractivity contribution in [3.63, 3.8) is 0 Å². The molecule has 0 N–H and O–H groups in total. The first-order valence-electron chi connectivity index (χ1n) is 4.87. The Bertz CT molecular complexity index is 224. The third-order valence-corrected chi connectivity index (χ3v) is 2.81. The summed E-state index contributed by atoms with van der Waals surface area (Å²) in [4.78, 5) is 0. The summed E-state index contributed by atoms with van der Waals surface area (Å²) in [5.74, 6) is -0.836. The van der Waals surface area contributed by atoms with E-state index in [0.717, 1.165) is 12.8 Å². The van der Waals surface area contributed by atoms with Crippen molar-refractivity contribution in [2.24, 2.45) is 10.2 Å². The largest absolute Gasteiger partial charge is 0.334 e. The lowest BCUT2D eigenvalue weighted by Crippen LogP contribution is -2.37. The predicted molar refractivity (Wildman–Crippen MR) is 47.2 cm³/mol. The summed E-state index contributed by atoms with van der Waals surface area (Å²) in [7, 11) is 1.60. The molecule has 1 spiro atoms. The molecule has 2 rings (SSSR count). The molecule has 0 aromatic carbocycles. The molecule has 1 fully saturated rings. The van der Waals surface area contributed by atoms with Gasteiger partial charge in [0.2, 0.25) is 0 Å². The highest BCUT2D eigenvalue weighted by Crippen LogP contribution is 2.41. The van der Waals surface area contributed by atoms with Crippen LogP contribution < -0.4 is 0 Å². The molecule has 1 aliphatic carbocycles. The minimum atomic E-state index is -0.836. The number of methoxy groups -OCH3 is 1. The normalized spacial score (nSPS) is 37.1. The fourth-order valence-electron chi connectivity index (χ4n) is 1.96. The minimum Gasteiger partial charge on any atom is -0.334 e. The highest BCUT2D eigenvalue weighted by molar-refractivity contribution is 4.86.